The van der Waals surface area contributed by atoms with Crippen molar-refractivity contribution >= 4 is 0 Å². The molecule has 6 nitrogen and oxygen atoms in total. The Morgan fingerprint density at radius 1 is 1.04 bits per heavy atom. The fraction of sp³-hybridized carbons (Fsp3) is 0.333. The molecule has 0 unspecified atom stereocenters. The number of methoxy groups -OCH3 is 2. The molecule has 0 saturated carbocycles. The van der Waals surface area contributed by atoms with Crippen LogP contribution in [0.25, 0.3) is 11.5 Å². The Bertz CT molecular complexity index is 892. The summed E-state index contributed by atoms with van der Waals surface area (Å²) in [6.45, 7) is 2.84. The van der Waals surface area contributed by atoms with Crippen LogP contribution in [0.4, 0.5) is 0 Å². The van der Waals surface area contributed by atoms with E-state index < -0.39 is 0 Å². The third-order valence-electron chi connectivity index (χ3n) is 4.96. The van der Waals surface area contributed by atoms with Crippen LogP contribution in [0.2, 0.25) is 0 Å². The molecule has 0 amide bonds. The van der Waals surface area contributed by atoms with Crippen LogP contribution in [0.5, 0.6) is 11.5 Å². The fourth-order valence-electron chi connectivity index (χ4n) is 3.50. The van der Waals surface area contributed by atoms with Crippen LogP contribution in [0.15, 0.2) is 52.9 Å². The second-order valence-corrected chi connectivity index (χ2v) is 6.71. The molecular weight excluding hydrogens is 342 g/mol. The minimum atomic E-state index is 0.263. The van der Waals surface area contributed by atoms with Crippen molar-refractivity contribution in [1.29, 1.82) is 0 Å². The minimum Gasteiger partial charge on any atom is -0.497 e. The van der Waals surface area contributed by atoms with Crippen molar-refractivity contribution in [1.82, 2.24) is 15.1 Å². The Morgan fingerprint density at radius 2 is 1.85 bits per heavy atom. The van der Waals surface area contributed by atoms with Gasteiger partial charge in [-0.3, -0.25) is 4.90 Å². The molecule has 3 aromatic rings. The van der Waals surface area contributed by atoms with Crippen molar-refractivity contribution < 1.29 is 13.9 Å². The number of benzene rings is 2. The van der Waals surface area contributed by atoms with E-state index >= 15 is 0 Å². The van der Waals surface area contributed by atoms with E-state index in [1.165, 1.54) is 5.56 Å². The first-order valence-electron chi connectivity index (χ1n) is 9.09. The number of hydrogen-bond acceptors (Lipinski definition) is 6. The van der Waals surface area contributed by atoms with Gasteiger partial charge in [0.05, 0.1) is 25.7 Å². The third kappa shape index (κ3) is 3.80. The summed E-state index contributed by atoms with van der Waals surface area (Å²) in [7, 11) is 3.33. The van der Waals surface area contributed by atoms with Gasteiger partial charge in [-0.2, -0.15) is 0 Å². The van der Waals surface area contributed by atoms with Gasteiger partial charge in [0, 0.05) is 13.1 Å². The first-order chi connectivity index (χ1) is 13.3. The van der Waals surface area contributed by atoms with Gasteiger partial charge in [-0.15, -0.1) is 10.2 Å². The molecule has 0 aliphatic carbocycles. The molecule has 0 radical (unpaired) electrons. The summed E-state index contributed by atoms with van der Waals surface area (Å²) in [4.78, 5) is 2.42. The van der Waals surface area contributed by atoms with Gasteiger partial charge in [-0.05, 0) is 42.8 Å². The van der Waals surface area contributed by atoms with Crippen LogP contribution in [-0.2, 0) is 6.54 Å². The van der Waals surface area contributed by atoms with E-state index in [0.717, 1.165) is 43.1 Å². The zero-order chi connectivity index (χ0) is 18.6. The molecule has 1 saturated heterocycles. The number of aromatic nitrogens is 2. The predicted octanol–water partition coefficient (Wildman–Crippen LogP) is 3.74. The molecular formula is C21H23N3O3. The number of hydrogen-bond donors (Lipinski definition) is 0. The zero-order valence-electron chi connectivity index (χ0n) is 15.6. The van der Waals surface area contributed by atoms with Gasteiger partial charge >= 0.3 is 0 Å². The molecule has 140 valence electrons. The normalized spacial score (nSPS) is 17.2. The average molecular weight is 365 g/mol. The lowest BCUT2D eigenvalue weighted by atomic mass is 10.1. The molecule has 1 atom stereocenters. The van der Waals surface area contributed by atoms with Crippen molar-refractivity contribution in [2.45, 2.75) is 18.9 Å². The lowest BCUT2D eigenvalue weighted by Crippen LogP contribution is -2.19. The molecule has 6 heteroatoms. The first-order valence-corrected chi connectivity index (χ1v) is 9.09. The zero-order valence-corrected chi connectivity index (χ0v) is 15.6. The SMILES string of the molecule is COc1ccc(CN2CC[C@H](c3nnc(-c4ccccc4OC)o3)C2)cc1. The quantitative estimate of drug-likeness (QED) is 0.663. The lowest BCUT2D eigenvalue weighted by Gasteiger charge is -2.15. The van der Waals surface area contributed by atoms with Crippen LogP contribution in [-0.4, -0.2) is 42.4 Å². The second kappa shape index (κ2) is 7.80. The van der Waals surface area contributed by atoms with Gasteiger partial charge < -0.3 is 13.9 Å². The van der Waals surface area contributed by atoms with Gasteiger partial charge in [0.1, 0.15) is 11.5 Å². The van der Waals surface area contributed by atoms with Gasteiger partial charge in [0.2, 0.25) is 5.89 Å². The van der Waals surface area contributed by atoms with Crippen LogP contribution in [0.1, 0.15) is 23.8 Å². The minimum absolute atomic E-state index is 0.263. The number of likely N-dealkylation sites (tertiary alicyclic amines) is 1. The Balaban J connectivity index is 1.42. The van der Waals surface area contributed by atoms with Crippen LogP contribution >= 0.6 is 0 Å². The molecule has 0 bridgehead atoms. The highest BCUT2D eigenvalue weighted by Crippen LogP contribution is 2.32. The summed E-state index contributed by atoms with van der Waals surface area (Å²) in [6.07, 6.45) is 1.02. The van der Waals surface area contributed by atoms with Crippen LogP contribution in [0.3, 0.4) is 0 Å². The maximum absolute atomic E-state index is 5.98. The van der Waals surface area contributed by atoms with E-state index in [-0.39, 0.29) is 5.92 Å². The topological polar surface area (TPSA) is 60.6 Å². The van der Waals surface area contributed by atoms with Gasteiger partial charge in [0.25, 0.3) is 5.89 Å². The van der Waals surface area contributed by atoms with Crippen molar-refractivity contribution in [3.05, 3.63) is 60.0 Å². The number of ether oxygens (including phenoxy) is 2. The van der Waals surface area contributed by atoms with Crippen molar-refractivity contribution in [2.75, 3.05) is 27.3 Å². The summed E-state index contributed by atoms with van der Waals surface area (Å²) < 4.78 is 16.6. The number of para-hydroxylation sites is 1. The van der Waals surface area contributed by atoms with Crippen molar-refractivity contribution in [3.8, 4) is 23.0 Å². The first kappa shape index (κ1) is 17.5. The highest BCUT2D eigenvalue weighted by Gasteiger charge is 2.28. The largest absolute Gasteiger partial charge is 0.497 e. The summed E-state index contributed by atoms with van der Waals surface area (Å²) in [5.41, 5.74) is 2.10. The van der Waals surface area contributed by atoms with E-state index in [1.54, 1.807) is 14.2 Å². The Morgan fingerprint density at radius 3 is 2.63 bits per heavy atom. The molecule has 1 aliphatic rings. The molecule has 0 N–H and O–H groups in total. The number of rotatable bonds is 6. The number of nitrogens with zero attached hydrogens (tertiary/aromatic N) is 3. The molecule has 1 aromatic heterocycles. The predicted molar refractivity (Wildman–Crippen MR) is 102 cm³/mol. The highest BCUT2D eigenvalue weighted by molar-refractivity contribution is 5.62. The average Bonchev–Trinajstić information content (AvgIpc) is 3.38. The Labute approximate surface area is 158 Å². The fourth-order valence-corrected chi connectivity index (χ4v) is 3.50. The second-order valence-electron chi connectivity index (χ2n) is 6.71. The highest BCUT2D eigenvalue weighted by atomic mass is 16.5. The van der Waals surface area contributed by atoms with E-state index in [1.807, 2.05) is 36.4 Å². The third-order valence-corrected chi connectivity index (χ3v) is 4.96. The summed E-state index contributed by atoms with van der Waals surface area (Å²) >= 11 is 0. The summed E-state index contributed by atoms with van der Waals surface area (Å²) in [5, 5.41) is 8.54. The maximum atomic E-state index is 5.98. The molecule has 0 spiro atoms. The molecule has 2 heterocycles. The molecule has 1 aliphatic heterocycles. The van der Waals surface area contributed by atoms with Crippen LogP contribution < -0.4 is 9.47 Å². The monoisotopic (exact) mass is 365 g/mol. The maximum Gasteiger partial charge on any atom is 0.251 e. The van der Waals surface area contributed by atoms with Crippen molar-refractivity contribution in [2.24, 2.45) is 0 Å². The Kier molecular flexibility index (Phi) is 5.07. The molecule has 4 rings (SSSR count). The van der Waals surface area contributed by atoms with Crippen molar-refractivity contribution in [3.63, 3.8) is 0 Å². The standard InChI is InChI=1S/C21H23N3O3/c1-25-17-9-7-15(8-10-17)13-24-12-11-16(14-24)20-22-23-21(27-20)18-5-3-4-6-19(18)26-2/h3-10,16H,11-14H2,1-2H3/t16-/m0/s1. The van der Waals surface area contributed by atoms with E-state index in [4.69, 9.17) is 13.9 Å². The Hall–Kier alpha value is -2.86. The molecule has 2 aromatic carbocycles. The van der Waals surface area contributed by atoms with Gasteiger partial charge in [-0.1, -0.05) is 24.3 Å². The van der Waals surface area contributed by atoms with E-state index in [2.05, 4.69) is 27.2 Å². The smallest absolute Gasteiger partial charge is 0.251 e. The molecule has 27 heavy (non-hydrogen) atoms. The van der Waals surface area contributed by atoms with Gasteiger partial charge in [0.15, 0.2) is 0 Å². The van der Waals surface area contributed by atoms with Crippen LogP contribution in [0, 0.1) is 0 Å². The van der Waals surface area contributed by atoms with E-state index in [9.17, 15) is 0 Å². The summed E-state index contributed by atoms with van der Waals surface area (Å²) in [5.74, 6) is 3.09. The van der Waals surface area contributed by atoms with E-state index in [0.29, 0.717) is 11.8 Å². The molecule has 1 fully saturated rings. The lowest BCUT2D eigenvalue weighted by molar-refractivity contribution is 0.320. The summed E-state index contributed by atoms with van der Waals surface area (Å²) in [6, 6.07) is 15.9. The van der Waals surface area contributed by atoms with Gasteiger partial charge in [-0.25, -0.2) is 0 Å².